The van der Waals surface area contributed by atoms with Crippen LogP contribution in [0.15, 0.2) is 12.1 Å². The molecule has 0 saturated heterocycles. The van der Waals surface area contributed by atoms with Crippen molar-refractivity contribution in [2.24, 2.45) is 5.73 Å². The molecule has 2 fully saturated rings. The van der Waals surface area contributed by atoms with E-state index in [1.165, 1.54) is 49.7 Å². The first-order valence-corrected chi connectivity index (χ1v) is 8.10. The van der Waals surface area contributed by atoms with E-state index in [1.807, 2.05) is 0 Å². The van der Waals surface area contributed by atoms with Crippen LogP contribution < -0.4 is 10.5 Å². The molecule has 0 amide bonds. The molecular weight excluding hydrogens is 270 g/mol. The molecule has 3 rings (SSSR count). The maximum absolute atomic E-state index is 6.49. The van der Waals surface area contributed by atoms with E-state index in [-0.39, 0.29) is 11.5 Å². The van der Waals surface area contributed by atoms with E-state index in [0.29, 0.717) is 5.92 Å². The molecule has 2 nitrogen and oxygen atoms in total. The fourth-order valence-corrected chi connectivity index (χ4v) is 4.10. The summed E-state index contributed by atoms with van der Waals surface area (Å²) in [5.74, 6) is 1.48. The van der Waals surface area contributed by atoms with Crippen molar-refractivity contribution in [1.82, 2.24) is 0 Å². The zero-order chi connectivity index (χ0) is 14.3. The predicted molar refractivity (Wildman–Crippen MR) is 83.8 cm³/mol. The van der Waals surface area contributed by atoms with Gasteiger partial charge in [0.25, 0.3) is 0 Å². The molecule has 0 aliphatic heterocycles. The molecule has 110 valence electrons. The van der Waals surface area contributed by atoms with Crippen LogP contribution in [0, 0.1) is 0 Å². The molecule has 0 aromatic heterocycles. The Morgan fingerprint density at radius 2 is 1.95 bits per heavy atom. The molecule has 0 radical (unpaired) electrons. The molecule has 2 aliphatic rings. The quantitative estimate of drug-likeness (QED) is 0.894. The van der Waals surface area contributed by atoms with Gasteiger partial charge in [0.1, 0.15) is 5.75 Å². The van der Waals surface area contributed by atoms with E-state index in [9.17, 15) is 0 Å². The molecule has 2 aliphatic carbocycles. The summed E-state index contributed by atoms with van der Waals surface area (Å²) in [4.78, 5) is 0. The van der Waals surface area contributed by atoms with Crippen molar-refractivity contribution in [1.29, 1.82) is 0 Å². The van der Waals surface area contributed by atoms with Gasteiger partial charge < -0.3 is 10.5 Å². The lowest BCUT2D eigenvalue weighted by atomic mass is 9.85. The highest BCUT2D eigenvalue weighted by molar-refractivity contribution is 6.32. The maximum Gasteiger partial charge on any atom is 0.140 e. The number of ether oxygens (including phenoxy) is 1. The van der Waals surface area contributed by atoms with Crippen molar-refractivity contribution in [2.45, 2.75) is 62.8 Å². The second kappa shape index (κ2) is 5.23. The average molecular weight is 294 g/mol. The van der Waals surface area contributed by atoms with Crippen LogP contribution in [0.5, 0.6) is 5.75 Å². The predicted octanol–water partition coefficient (Wildman–Crippen LogP) is 4.39. The van der Waals surface area contributed by atoms with Gasteiger partial charge in [-0.05, 0) is 55.7 Å². The fraction of sp³-hybridized carbons (Fsp3) is 0.647. The van der Waals surface area contributed by atoms with Gasteiger partial charge in [0, 0.05) is 11.5 Å². The minimum Gasteiger partial charge on any atom is -0.495 e. The number of rotatable bonds is 4. The molecule has 1 unspecified atom stereocenters. The summed E-state index contributed by atoms with van der Waals surface area (Å²) in [5.41, 5.74) is 9.00. The average Bonchev–Trinajstić information content (AvgIpc) is 3.06. The molecule has 0 spiro atoms. The zero-order valence-corrected chi connectivity index (χ0v) is 13.2. The van der Waals surface area contributed by atoms with Gasteiger partial charge in [0.15, 0.2) is 0 Å². The van der Waals surface area contributed by atoms with E-state index in [0.717, 1.165) is 10.8 Å². The van der Waals surface area contributed by atoms with E-state index in [1.54, 1.807) is 7.11 Å². The normalized spacial score (nSPS) is 22.8. The summed E-state index contributed by atoms with van der Waals surface area (Å²) in [6, 6.07) is 4.59. The minimum absolute atomic E-state index is 0.156. The van der Waals surface area contributed by atoms with Gasteiger partial charge >= 0.3 is 0 Å². The molecule has 2 N–H and O–H groups in total. The van der Waals surface area contributed by atoms with E-state index in [2.05, 4.69) is 19.1 Å². The topological polar surface area (TPSA) is 35.2 Å². The molecular formula is C17H24ClNO. The third-order valence-electron chi connectivity index (χ3n) is 5.31. The molecule has 1 aromatic carbocycles. The SMILES string of the molecule is COc1c(Cl)cc(C2(C(C)N)CC2)cc1C1CCCC1. The van der Waals surface area contributed by atoms with Gasteiger partial charge in [-0.1, -0.05) is 30.5 Å². The Morgan fingerprint density at radius 3 is 2.45 bits per heavy atom. The molecule has 2 saturated carbocycles. The largest absolute Gasteiger partial charge is 0.495 e. The highest BCUT2D eigenvalue weighted by Crippen LogP contribution is 2.53. The van der Waals surface area contributed by atoms with Crippen LogP contribution in [-0.4, -0.2) is 13.2 Å². The van der Waals surface area contributed by atoms with E-state index >= 15 is 0 Å². The molecule has 0 heterocycles. The maximum atomic E-state index is 6.49. The number of methoxy groups -OCH3 is 1. The van der Waals surface area contributed by atoms with Crippen LogP contribution in [0.3, 0.4) is 0 Å². The molecule has 0 bridgehead atoms. The Labute approximate surface area is 126 Å². The van der Waals surface area contributed by atoms with Crippen molar-refractivity contribution in [3.05, 3.63) is 28.3 Å². The van der Waals surface area contributed by atoms with E-state index in [4.69, 9.17) is 22.1 Å². The fourth-order valence-electron chi connectivity index (χ4n) is 3.80. The smallest absolute Gasteiger partial charge is 0.140 e. The van der Waals surface area contributed by atoms with Crippen LogP contribution in [0.2, 0.25) is 5.02 Å². The molecule has 20 heavy (non-hydrogen) atoms. The number of nitrogens with two attached hydrogens (primary N) is 1. The van der Waals surface area contributed by atoms with Crippen molar-refractivity contribution < 1.29 is 4.74 Å². The van der Waals surface area contributed by atoms with Gasteiger partial charge in [-0.25, -0.2) is 0 Å². The first kappa shape index (κ1) is 14.2. The van der Waals surface area contributed by atoms with Crippen LogP contribution in [-0.2, 0) is 5.41 Å². The Balaban J connectivity index is 2.05. The number of hydrogen-bond acceptors (Lipinski definition) is 2. The Hall–Kier alpha value is -0.730. The number of benzene rings is 1. The van der Waals surface area contributed by atoms with Crippen molar-refractivity contribution >= 4 is 11.6 Å². The lowest BCUT2D eigenvalue weighted by Gasteiger charge is -2.24. The van der Waals surface area contributed by atoms with Crippen molar-refractivity contribution in [3.63, 3.8) is 0 Å². The molecule has 1 aromatic rings. The summed E-state index contributed by atoms with van der Waals surface area (Å²) in [7, 11) is 1.72. The monoisotopic (exact) mass is 293 g/mol. The zero-order valence-electron chi connectivity index (χ0n) is 12.4. The summed E-state index contributed by atoms with van der Waals surface area (Å²) < 4.78 is 5.57. The lowest BCUT2D eigenvalue weighted by Crippen LogP contribution is -2.31. The van der Waals surface area contributed by atoms with E-state index < -0.39 is 0 Å². The molecule has 3 heteroatoms. The number of halogens is 1. The highest BCUT2D eigenvalue weighted by atomic mass is 35.5. The summed E-state index contributed by atoms with van der Waals surface area (Å²) in [5, 5.41) is 0.749. The van der Waals surface area contributed by atoms with Gasteiger partial charge in [0.2, 0.25) is 0 Å². The Kier molecular flexibility index (Phi) is 3.72. The first-order chi connectivity index (χ1) is 9.58. The van der Waals surface area contributed by atoms with Gasteiger partial charge in [-0.2, -0.15) is 0 Å². The van der Waals surface area contributed by atoms with Crippen molar-refractivity contribution in [2.75, 3.05) is 7.11 Å². The second-order valence-corrected chi connectivity index (χ2v) is 6.91. The summed E-state index contributed by atoms with van der Waals surface area (Å²) in [6.07, 6.45) is 7.49. The van der Waals surface area contributed by atoms with Crippen LogP contribution in [0.4, 0.5) is 0 Å². The Bertz CT molecular complexity index is 502. The van der Waals surface area contributed by atoms with Crippen LogP contribution >= 0.6 is 11.6 Å². The summed E-state index contributed by atoms with van der Waals surface area (Å²) >= 11 is 6.49. The van der Waals surface area contributed by atoms with Crippen LogP contribution in [0.1, 0.15) is 62.5 Å². The summed E-state index contributed by atoms with van der Waals surface area (Å²) in [6.45, 7) is 2.11. The highest BCUT2D eigenvalue weighted by Gasteiger charge is 2.48. The van der Waals surface area contributed by atoms with Crippen molar-refractivity contribution in [3.8, 4) is 5.75 Å². The van der Waals surface area contributed by atoms with Gasteiger partial charge in [-0.15, -0.1) is 0 Å². The first-order valence-electron chi connectivity index (χ1n) is 7.72. The molecule has 1 atom stereocenters. The third-order valence-corrected chi connectivity index (χ3v) is 5.59. The minimum atomic E-state index is 0.156. The number of hydrogen-bond donors (Lipinski definition) is 1. The third kappa shape index (κ3) is 2.23. The van der Waals surface area contributed by atoms with Gasteiger partial charge in [0.05, 0.1) is 12.1 Å². The van der Waals surface area contributed by atoms with Crippen LogP contribution in [0.25, 0.3) is 0 Å². The standard InChI is InChI=1S/C17H24ClNO/c1-11(19)17(7-8-17)13-9-14(12-5-3-4-6-12)16(20-2)15(18)10-13/h9-12H,3-8,19H2,1-2H3. The lowest BCUT2D eigenvalue weighted by molar-refractivity contribution is 0.405. The second-order valence-electron chi connectivity index (χ2n) is 6.51. The Morgan fingerprint density at radius 1 is 1.30 bits per heavy atom. The van der Waals surface area contributed by atoms with Gasteiger partial charge in [-0.3, -0.25) is 0 Å².